The monoisotopic (exact) mass is 220 g/mol. The molecule has 1 unspecified atom stereocenters. The maximum atomic E-state index is 11.6. The first-order valence-electron chi connectivity index (χ1n) is 4.96. The van der Waals surface area contributed by atoms with Gasteiger partial charge in [-0.15, -0.1) is 0 Å². The molecule has 2 rings (SSSR count). The smallest absolute Gasteiger partial charge is 0.239 e. The Balaban J connectivity index is 1.82. The van der Waals surface area contributed by atoms with Crippen molar-refractivity contribution < 1.29 is 9.59 Å². The van der Waals surface area contributed by atoms with E-state index in [-0.39, 0.29) is 18.2 Å². The van der Waals surface area contributed by atoms with E-state index in [1.54, 1.807) is 12.4 Å². The van der Waals surface area contributed by atoms with Gasteiger partial charge in [-0.25, -0.2) is 5.43 Å². The van der Waals surface area contributed by atoms with Gasteiger partial charge in [-0.2, -0.15) is 0 Å². The minimum absolute atomic E-state index is 0.163. The van der Waals surface area contributed by atoms with Crippen molar-refractivity contribution in [3.8, 4) is 0 Å². The van der Waals surface area contributed by atoms with E-state index in [4.69, 9.17) is 0 Å². The molecule has 1 aromatic heterocycles. The molecule has 0 bridgehead atoms. The Morgan fingerprint density at radius 2 is 2.25 bits per heavy atom. The average molecular weight is 220 g/mol. The summed E-state index contributed by atoms with van der Waals surface area (Å²) in [5, 5.41) is 2.74. The topological polar surface area (TPSA) is 83.1 Å². The SMILES string of the molecule is O=C1CC(C(=O)NCc2ccncc2)NN1. The van der Waals surface area contributed by atoms with Crippen LogP contribution in [-0.4, -0.2) is 22.8 Å². The third kappa shape index (κ3) is 2.54. The van der Waals surface area contributed by atoms with Crippen molar-refractivity contribution in [2.24, 2.45) is 0 Å². The molecular weight excluding hydrogens is 208 g/mol. The standard InChI is InChI=1S/C10H12N4O2/c15-9-5-8(13-14-9)10(16)12-6-7-1-3-11-4-2-7/h1-4,8,13H,5-6H2,(H,12,16)(H,14,15). The summed E-state index contributed by atoms with van der Waals surface area (Å²) in [6.45, 7) is 0.438. The highest BCUT2D eigenvalue weighted by atomic mass is 16.2. The first-order valence-corrected chi connectivity index (χ1v) is 4.96. The number of carbonyl (C=O) groups is 2. The van der Waals surface area contributed by atoms with E-state index in [0.29, 0.717) is 6.54 Å². The Labute approximate surface area is 92.4 Å². The molecule has 1 fully saturated rings. The summed E-state index contributed by atoms with van der Waals surface area (Å²) in [4.78, 5) is 26.3. The summed E-state index contributed by atoms with van der Waals surface area (Å²) >= 11 is 0. The van der Waals surface area contributed by atoms with Crippen LogP contribution < -0.4 is 16.2 Å². The molecule has 0 aliphatic carbocycles. The van der Waals surface area contributed by atoms with Crippen molar-refractivity contribution in [3.05, 3.63) is 30.1 Å². The molecule has 1 aliphatic rings. The molecule has 1 aliphatic heterocycles. The van der Waals surface area contributed by atoms with Crippen LogP contribution in [0.3, 0.4) is 0 Å². The zero-order valence-electron chi connectivity index (χ0n) is 8.56. The largest absolute Gasteiger partial charge is 0.351 e. The predicted octanol–water partition coefficient (Wildman–Crippen LogP) is -0.909. The number of rotatable bonds is 3. The van der Waals surface area contributed by atoms with Crippen molar-refractivity contribution in [2.45, 2.75) is 19.0 Å². The van der Waals surface area contributed by atoms with Gasteiger partial charge in [0, 0.05) is 18.9 Å². The summed E-state index contributed by atoms with van der Waals surface area (Å²) in [6, 6.07) is 3.17. The van der Waals surface area contributed by atoms with Gasteiger partial charge < -0.3 is 5.32 Å². The van der Waals surface area contributed by atoms with Crippen molar-refractivity contribution in [1.29, 1.82) is 0 Å². The molecule has 6 nitrogen and oxygen atoms in total. The van der Waals surface area contributed by atoms with Crippen molar-refractivity contribution in [2.75, 3.05) is 0 Å². The highest BCUT2D eigenvalue weighted by Crippen LogP contribution is 1.99. The summed E-state index contributed by atoms with van der Waals surface area (Å²) < 4.78 is 0. The maximum absolute atomic E-state index is 11.6. The lowest BCUT2D eigenvalue weighted by molar-refractivity contribution is -0.124. The molecule has 1 aromatic rings. The summed E-state index contributed by atoms with van der Waals surface area (Å²) in [5.41, 5.74) is 5.98. The van der Waals surface area contributed by atoms with Gasteiger partial charge in [0.2, 0.25) is 11.8 Å². The third-order valence-corrected chi connectivity index (χ3v) is 2.31. The first-order chi connectivity index (χ1) is 7.75. The normalized spacial score (nSPS) is 19.2. The highest BCUT2D eigenvalue weighted by Gasteiger charge is 2.26. The number of aromatic nitrogens is 1. The fourth-order valence-electron chi connectivity index (χ4n) is 1.43. The number of nitrogens with one attached hydrogen (secondary N) is 3. The molecule has 3 N–H and O–H groups in total. The molecule has 0 radical (unpaired) electrons. The van der Waals surface area contributed by atoms with Crippen LogP contribution in [0.15, 0.2) is 24.5 Å². The Bertz CT molecular complexity index is 393. The lowest BCUT2D eigenvalue weighted by Gasteiger charge is -2.09. The van der Waals surface area contributed by atoms with E-state index < -0.39 is 6.04 Å². The molecule has 1 atom stereocenters. The van der Waals surface area contributed by atoms with E-state index in [0.717, 1.165) is 5.56 Å². The van der Waals surface area contributed by atoms with Crippen LogP contribution in [0.2, 0.25) is 0 Å². The first kappa shape index (κ1) is 10.6. The molecule has 16 heavy (non-hydrogen) atoms. The fraction of sp³-hybridized carbons (Fsp3) is 0.300. The second-order valence-electron chi connectivity index (χ2n) is 3.52. The molecule has 1 saturated heterocycles. The summed E-state index contributed by atoms with van der Waals surface area (Å²) in [7, 11) is 0. The zero-order chi connectivity index (χ0) is 11.4. The number of amides is 2. The second kappa shape index (κ2) is 4.71. The molecule has 0 aromatic carbocycles. The van der Waals surface area contributed by atoms with Gasteiger partial charge in [-0.3, -0.25) is 20.0 Å². The number of nitrogens with zero attached hydrogens (tertiary/aromatic N) is 1. The van der Waals surface area contributed by atoms with Gasteiger partial charge >= 0.3 is 0 Å². The van der Waals surface area contributed by atoms with Crippen LogP contribution in [0.1, 0.15) is 12.0 Å². The summed E-state index contributed by atoms with van der Waals surface area (Å²) in [6.07, 6.45) is 3.52. The van der Waals surface area contributed by atoms with Gasteiger partial charge in [0.1, 0.15) is 6.04 Å². The zero-order valence-corrected chi connectivity index (χ0v) is 8.56. The lowest BCUT2D eigenvalue weighted by Crippen LogP contribution is -2.42. The molecule has 2 amide bonds. The highest BCUT2D eigenvalue weighted by molar-refractivity contribution is 5.90. The van der Waals surface area contributed by atoms with E-state index >= 15 is 0 Å². The van der Waals surface area contributed by atoms with E-state index in [1.165, 1.54) is 0 Å². The van der Waals surface area contributed by atoms with Crippen LogP contribution in [0.25, 0.3) is 0 Å². The molecular formula is C10H12N4O2. The molecule has 84 valence electrons. The Hall–Kier alpha value is -1.95. The molecule has 0 saturated carbocycles. The Morgan fingerprint density at radius 1 is 1.50 bits per heavy atom. The third-order valence-electron chi connectivity index (χ3n) is 2.31. The van der Waals surface area contributed by atoms with Gasteiger partial charge in [-0.1, -0.05) is 0 Å². The van der Waals surface area contributed by atoms with Crippen LogP contribution in [0.5, 0.6) is 0 Å². The van der Waals surface area contributed by atoms with Crippen molar-refractivity contribution in [1.82, 2.24) is 21.2 Å². The lowest BCUT2D eigenvalue weighted by atomic mass is 10.2. The van der Waals surface area contributed by atoms with E-state index in [1.807, 2.05) is 12.1 Å². The predicted molar refractivity (Wildman–Crippen MR) is 55.8 cm³/mol. The quantitative estimate of drug-likeness (QED) is 0.616. The minimum Gasteiger partial charge on any atom is -0.351 e. The van der Waals surface area contributed by atoms with Crippen LogP contribution >= 0.6 is 0 Å². The van der Waals surface area contributed by atoms with Gasteiger partial charge in [0.25, 0.3) is 0 Å². The summed E-state index contributed by atoms with van der Waals surface area (Å²) in [5.74, 6) is -0.348. The number of hydrazine groups is 1. The number of hydrogen-bond donors (Lipinski definition) is 3. The Kier molecular flexibility index (Phi) is 3.11. The van der Waals surface area contributed by atoms with Gasteiger partial charge in [0.15, 0.2) is 0 Å². The van der Waals surface area contributed by atoms with Crippen molar-refractivity contribution >= 4 is 11.8 Å². The van der Waals surface area contributed by atoms with Gasteiger partial charge in [-0.05, 0) is 17.7 Å². The number of pyridine rings is 1. The van der Waals surface area contributed by atoms with E-state index in [2.05, 4.69) is 21.2 Å². The second-order valence-corrected chi connectivity index (χ2v) is 3.52. The number of carbonyl (C=O) groups excluding carboxylic acids is 2. The maximum Gasteiger partial charge on any atom is 0.239 e. The molecule has 6 heteroatoms. The molecule has 0 spiro atoms. The molecule has 2 heterocycles. The van der Waals surface area contributed by atoms with Gasteiger partial charge in [0.05, 0.1) is 6.42 Å². The minimum atomic E-state index is -0.477. The average Bonchev–Trinajstić information content (AvgIpc) is 2.74. The van der Waals surface area contributed by atoms with Crippen LogP contribution in [-0.2, 0) is 16.1 Å². The fourth-order valence-corrected chi connectivity index (χ4v) is 1.43. The van der Waals surface area contributed by atoms with Crippen LogP contribution in [0.4, 0.5) is 0 Å². The van der Waals surface area contributed by atoms with Crippen LogP contribution in [0, 0.1) is 0 Å². The Morgan fingerprint density at radius 3 is 2.88 bits per heavy atom. The number of hydrogen-bond acceptors (Lipinski definition) is 4. The van der Waals surface area contributed by atoms with E-state index in [9.17, 15) is 9.59 Å². The van der Waals surface area contributed by atoms with Crippen molar-refractivity contribution in [3.63, 3.8) is 0 Å².